The van der Waals surface area contributed by atoms with Crippen molar-refractivity contribution in [3.05, 3.63) is 35.9 Å². The molecule has 0 saturated heterocycles. The molecule has 100 valence electrons. The second-order valence-electron chi connectivity index (χ2n) is 5.27. The van der Waals surface area contributed by atoms with Crippen molar-refractivity contribution in [1.29, 1.82) is 0 Å². The summed E-state index contributed by atoms with van der Waals surface area (Å²) in [7, 11) is 0. The van der Waals surface area contributed by atoms with Crippen molar-refractivity contribution in [3.63, 3.8) is 0 Å². The van der Waals surface area contributed by atoms with E-state index in [9.17, 15) is 4.79 Å². The van der Waals surface area contributed by atoms with Crippen LogP contribution in [0.5, 0.6) is 0 Å². The van der Waals surface area contributed by atoms with E-state index in [1.54, 1.807) is 0 Å². The third-order valence-corrected chi connectivity index (χ3v) is 3.45. The van der Waals surface area contributed by atoms with Crippen LogP contribution < -0.4 is 0 Å². The van der Waals surface area contributed by atoms with Gasteiger partial charge in [-0.1, -0.05) is 51.1 Å². The molecule has 1 unspecified atom stereocenters. The van der Waals surface area contributed by atoms with Crippen LogP contribution in [-0.4, -0.2) is 23.3 Å². The van der Waals surface area contributed by atoms with Crippen molar-refractivity contribution in [2.24, 2.45) is 5.92 Å². The Kier molecular flexibility index (Phi) is 6.06. The fraction of sp³-hybridized carbons (Fsp3) is 0.562. The molecule has 0 aliphatic carbocycles. The first-order valence-electron chi connectivity index (χ1n) is 6.85. The van der Waals surface area contributed by atoms with Gasteiger partial charge in [-0.05, 0) is 18.9 Å². The number of hydrogen-bond acceptors (Lipinski definition) is 2. The molecular formula is C16H25NO. The molecule has 1 rings (SSSR count). The van der Waals surface area contributed by atoms with Crippen LogP contribution in [0.3, 0.4) is 0 Å². The predicted octanol–water partition coefficient (Wildman–Crippen LogP) is 3.51. The number of hydrogen-bond donors (Lipinski definition) is 0. The van der Waals surface area contributed by atoms with Gasteiger partial charge in [-0.3, -0.25) is 9.69 Å². The Labute approximate surface area is 111 Å². The van der Waals surface area contributed by atoms with Gasteiger partial charge in [0.25, 0.3) is 0 Å². The molecule has 0 aliphatic heterocycles. The van der Waals surface area contributed by atoms with Gasteiger partial charge in [0.05, 0.1) is 6.54 Å². The molecule has 2 heteroatoms. The highest BCUT2D eigenvalue weighted by molar-refractivity contribution is 5.82. The van der Waals surface area contributed by atoms with E-state index in [1.165, 1.54) is 5.56 Å². The molecular weight excluding hydrogens is 222 g/mol. The van der Waals surface area contributed by atoms with Crippen molar-refractivity contribution in [1.82, 2.24) is 4.90 Å². The quantitative estimate of drug-likeness (QED) is 0.735. The van der Waals surface area contributed by atoms with E-state index < -0.39 is 0 Å². The summed E-state index contributed by atoms with van der Waals surface area (Å²) in [6, 6.07) is 10.8. The number of carbonyl (C=O) groups is 1. The fourth-order valence-corrected chi connectivity index (χ4v) is 1.83. The SMILES string of the molecule is CCC(C)N(CC(=O)C(C)C)Cc1ccccc1. The van der Waals surface area contributed by atoms with E-state index in [-0.39, 0.29) is 5.92 Å². The highest BCUT2D eigenvalue weighted by Crippen LogP contribution is 2.11. The van der Waals surface area contributed by atoms with Crippen LogP contribution in [0.1, 0.15) is 39.7 Å². The van der Waals surface area contributed by atoms with Gasteiger partial charge in [-0.2, -0.15) is 0 Å². The van der Waals surface area contributed by atoms with Crippen molar-refractivity contribution >= 4 is 5.78 Å². The number of Topliss-reactive ketones (excluding diaryl/α,β-unsaturated/α-hetero) is 1. The van der Waals surface area contributed by atoms with E-state index in [2.05, 4.69) is 30.9 Å². The van der Waals surface area contributed by atoms with Crippen molar-refractivity contribution in [3.8, 4) is 0 Å². The van der Waals surface area contributed by atoms with Crippen LogP contribution in [0.15, 0.2) is 30.3 Å². The first-order valence-corrected chi connectivity index (χ1v) is 6.85. The first kappa shape index (κ1) is 14.9. The van der Waals surface area contributed by atoms with Gasteiger partial charge in [-0.25, -0.2) is 0 Å². The zero-order valence-electron chi connectivity index (χ0n) is 12.0. The molecule has 1 aromatic rings. The average Bonchev–Trinajstić information content (AvgIpc) is 2.38. The highest BCUT2D eigenvalue weighted by Gasteiger charge is 2.18. The van der Waals surface area contributed by atoms with Gasteiger partial charge in [-0.15, -0.1) is 0 Å². The summed E-state index contributed by atoms with van der Waals surface area (Å²) in [6.45, 7) is 9.72. The van der Waals surface area contributed by atoms with Gasteiger partial charge in [0.1, 0.15) is 5.78 Å². The molecule has 1 aromatic carbocycles. The molecule has 0 aliphatic rings. The number of ketones is 1. The topological polar surface area (TPSA) is 20.3 Å². The minimum Gasteiger partial charge on any atom is -0.298 e. The summed E-state index contributed by atoms with van der Waals surface area (Å²) in [5.74, 6) is 0.443. The lowest BCUT2D eigenvalue weighted by atomic mass is 10.1. The molecule has 0 bridgehead atoms. The van der Waals surface area contributed by atoms with E-state index >= 15 is 0 Å². The minimum atomic E-state index is 0.118. The lowest BCUT2D eigenvalue weighted by Crippen LogP contribution is -2.37. The number of carbonyl (C=O) groups excluding carboxylic acids is 1. The normalized spacial score (nSPS) is 13.0. The van der Waals surface area contributed by atoms with Crippen LogP contribution in [-0.2, 0) is 11.3 Å². The Morgan fingerprint density at radius 3 is 2.28 bits per heavy atom. The van der Waals surface area contributed by atoms with Crippen molar-refractivity contribution in [2.45, 2.75) is 46.7 Å². The first-order chi connectivity index (χ1) is 8.54. The Balaban J connectivity index is 2.70. The van der Waals surface area contributed by atoms with Crippen molar-refractivity contribution in [2.75, 3.05) is 6.54 Å². The standard InChI is InChI=1S/C16H25NO/c1-5-14(4)17(12-16(18)13(2)3)11-15-9-7-6-8-10-15/h6-10,13-14H,5,11-12H2,1-4H3. The van der Waals surface area contributed by atoms with Gasteiger partial charge < -0.3 is 0 Å². The Bertz CT molecular complexity index is 359. The summed E-state index contributed by atoms with van der Waals surface area (Å²) in [5.41, 5.74) is 1.27. The highest BCUT2D eigenvalue weighted by atomic mass is 16.1. The number of benzene rings is 1. The van der Waals surface area contributed by atoms with E-state index in [1.807, 2.05) is 32.0 Å². The van der Waals surface area contributed by atoms with Gasteiger partial charge in [0.15, 0.2) is 0 Å². The van der Waals surface area contributed by atoms with Crippen LogP contribution in [0.2, 0.25) is 0 Å². The molecule has 0 N–H and O–H groups in total. The molecule has 1 atom stereocenters. The smallest absolute Gasteiger partial charge is 0.149 e. The Morgan fingerprint density at radius 2 is 1.78 bits per heavy atom. The zero-order valence-corrected chi connectivity index (χ0v) is 12.0. The molecule has 0 radical (unpaired) electrons. The molecule has 2 nitrogen and oxygen atoms in total. The van der Waals surface area contributed by atoms with E-state index in [0.29, 0.717) is 18.4 Å². The van der Waals surface area contributed by atoms with Crippen LogP contribution in [0.4, 0.5) is 0 Å². The van der Waals surface area contributed by atoms with Gasteiger partial charge >= 0.3 is 0 Å². The predicted molar refractivity (Wildman–Crippen MR) is 76.5 cm³/mol. The zero-order chi connectivity index (χ0) is 13.5. The van der Waals surface area contributed by atoms with Gasteiger partial charge in [0.2, 0.25) is 0 Å². The lowest BCUT2D eigenvalue weighted by Gasteiger charge is -2.28. The largest absolute Gasteiger partial charge is 0.298 e. The number of rotatable bonds is 7. The second kappa shape index (κ2) is 7.32. The van der Waals surface area contributed by atoms with Crippen LogP contribution in [0.25, 0.3) is 0 Å². The summed E-state index contributed by atoms with van der Waals surface area (Å²) in [5, 5.41) is 0. The molecule has 0 fully saturated rings. The molecule has 0 saturated carbocycles. The maximum Gasteiger partial charge on any atom is 0.149 e. The molecule has 0 spiro atoms. The third kappa shape index (κ3) is 4.61. The maximum absolute atomic E-state index is 11.9. The van der Waals surface area contributed by atoms with E-state index in [0.717, 1.165) is 13.0 Å². The molecule has 0 heterocycles. The van der Waals surface area contributed by atoms with E-state index in [4.69, 9.17) is 0 Å². The molecule has 18 heavy (non-hydrogen) atoms. The molecule has 0 aromatic heterocycles. The van der Waals surface area contributed by atoms with Crippen molar-refractivity contribution < 1.29 is 4.79 Å². The van der Waals surface area contributed by atoms with Crippen LogP contribution >= 0.6 is 0 Å². The summed E-state index contributed by atoms with van der Waals surface area (Å²) in [4.78, 5) is 14.2. The number of nitrogens with zero attached hydrogens (tertiary/aromatic N) is 1. The minimum absolute atomic E-state index is 0.118. The fourth-order valence-electron chi connectivity index (χ4n) is 1.83. The second-order valence-corrected chi connectivity index (χ2v) is 5.27. The summed E-state index contributed by atoms with van der Waals surface area (Å²) >= 11 is 0. The third-order valence-electron chi connectivity index (χ3n) is 3.45. The Morgan fingerprint density at radius 1 is 1.17 bits per heavy atom. The maximum atomic E-state index is 11.9. The summed E-state index contributed by atoms with van der Waals surface area (Å²) < 4.78 is 0. The monoisotopic (exact) mass is 247 g/mol. The van der Waals surface area contributed by atoms with Crippen LogP contribution in [0, 0.1) is 5.92 Å². The lowest BCUT2D eigenvalue weighted by molar-refractivity contribution is -0.123. The van der Waals surface area contributed by atoms with Gasteiger partial charge in [0, 0.05) is 18.5 Å². The average molecular weight is 247 g/mol. The summed E-state index contributed by atoms with van der Waals surface area (Å²) in [6.07, 6.45) is 1.07. The molecule has 0 amide bonds. The Hall–Kier alpha value is -1.15.